The molecular formula is C16H22N4O. The summed E-state index contributed by atoms with van der Waals surface area (Å²) in [7, 11) is 0. The lowest BCUT2D eigenvalue weighted by Crippen LogP contribution is -2.41. The molecule has 0 atom stereocenters. The molecule has 1 aliphatic rings. The Morgan fingerprint density at radius 2 is 2.00 bits per heavy atom. The molecule has 5 heteroatoms. The fraction of sp³-hybridized carbons (Fsp3) is 0.562. The minimum absolute atomic E-state index is 0.206. The van der Waals surface area contributed by atoms with Gasteiger partial charge in [0, 0.05) is 37.8 Å². The predicted octanol–water partition coefficient (Wildman–Crippen LogP) is 2.04. The van der Waals surface area contributed by atoms with Crippen molar-refractivity contribution in [1.29, 1.82) is 5.26 Å². The van der Waals surface area contributed by atoms with Crippen LogP contribution in [0.1, 0.15) is 32.8 Å². The molecule has 5 nitrogen and oxygen atoms in total. The summed E-state index contributed by atoms with van der Waals surface area (Å²) in [6.45, 7) is 9.05. The summed E-state index contributed by atoms with van der Waals surface area (Å²) in [4.78, 5) is 20.8. The van der Waals surface area contributed by atoms with Crippen molar-refractivity contribution in [1.82, 2.24) is 9.88 Å². The van der Waals surface area contributed by atoms with Gasteiger partial charge >= 0.3 is 0 Å². The van der Waals surface area contributed by atoms with Crippen molar-refractivity contribution in [2.45, 2.75) is 27.2 Å². The molecule has 0 N–H and O–H groups in total. The minimum Gasteiger partial charge on any atom is -0.355 e. The molecule has 0 bridgehead atoms. The molecule has 21 heavy (non-hydrogen) atoms. The maximum Gasteiger partial charge on any atom is 0.228 e. The quantitative estimate of drug-likeness (QED) is 0.792. The highest BCUT2D eigenvalue weighted by Crippen LogP contribution is 2.20. The summed E-state index contributed by atoms with van der Waals surface area (Å²) in [5, 5.41) is 8.81. The Bertz CT molecular complexity index is 539. The third-order valence-corrected chi connectivity index (χ3v) is 3.63. The topological polar surface area (TPSA) is 60.2 Å². The zero-order chi connectivity index (χ0) is 15.5. The second-order valence-corrected chi connectivity index (χ2v) is 6.40. The molecule has 1 amide bonds. The molecular weight excluding hydrogens is 264 g/mol. The summed E-state index contributed by atoms with van der Waals surface area (Å²) in [5.41, 5.74) is 0.236. The Balaban J connectivity index is 2.03. The highest BCUT2D eigenvalue weighted by molar-refractivity contribution is 5.81. The molecule has 112 valence electrons. The van der Waals surface area contributed by atoms with Crippen molar-refractivity contribution in [3.05, 3.63) is 23.9 Å². The maximum absolute atomic E-state index is 12.4. The van der Waals surface area contributed by atoms with E-state index in [-0.39, 0.29) is 11.3 Å². The van der Waals surface area contributed by atoms with E-state index >= 15 is 0 Å². The van der Waals surface area contributed by atoms with E-state index in [0.29, 0.717) is 5.56 Å². The molecule has 0 saturated carbocycles. The van der Waals surface area contributed by atoms with E-state index in [4.69, 9.17) is 5.26 Å². The minimum atomic E-state index is -0.331. The van der Waals surface area contributed by atoms with Gasteiger partial charge in [-0.15, -0.1) is 0 Å². The molecule has 2 heterocycles. The van der Waals surface area contributed by atoms with E-state index in [9.17, 15) is 4.79 Å². The third kappa shape index (κ3) is 3.72. The van der Waals surface area contributed by atoms with Crippen LogP contribution in [0, 0.1) is 16.7 Å². The molecule has 1 aliphatic heterocycles. The second kappa shape index (κ2) is 6.13. The Hall–Kier alpha value is -2.09. The van der Waals surface area contributed by atoms with E-state index in [0.717, 1.165) is 38.4 Å². The number of hydrogen-bond donors (Lipinski definition) is 0. The fourth-order valence-electron chi connectivity index (χ4n) is 2.46. The number of hydrogen-bond acceptors (Lipinski definition) is 4. The molecule has 0 spiro atoms. The highest BCUT2D eigenvalue weighted by atomic mass is 16.2. The SMILES string of the molecule is CC(C)(C)C(=O)N1CCCN(c2ccc(C#N)cn2)CC1. The predicted molar refractivity (Wildman–Crippen MR) is 81.8 cm³/mol. The summed E-state index contributed by atoms with van der Waals surface area (Å²) in [5.74, 6) is 1.08. The number of rotatable bonds is 1. The van der Waals surface area contributed by atoms with Gasteiger partial charge in [-0.2, -0.15) is 5.26 Å². The van der Waals surface area contributed by atoms with Gasteiger partial charge in [-0.3, -0.25) is 4.79 Å². The third-order valence-electron chi connectivity index (χ3n) is 3.63. The van der Waals surface area contributed by atoms with Gasteiger partial charge in [0.15, 0.2) is 0 Å². The molecule has 0 aromatic carbocycles. The largest absolute Gasteiger partial charge is 0.355 e. The Kier molecular flexibility index (Phi) is 4.46. The van der Waals surface area contributed by atoms with Gasteiger partial charge in [-0.25, -0.2) is 4.98 Å². The van der Waals surface area contributed by atoms with Crippen LogP contribution < -0.4 is 4.90 Å². The Morgan fingerprint density at radius 1 is 1.24 bits per heavy atom. The van der Waals surface area contributed by atoms with E-state index in [1.54, 1.807) is 12.3 Å². The average molecular weight is 286 g/mol. The van der Waals surface area contributed by atoms with Crippen molar-refractivity contribution in [2.75, 3.05) is 31.1 Å². The fourth-order valence-corrected chi connectivity index (χ4v) is 2.46. The molecule has 1 fully saturated rings. The second-order valence-electron chi connectivity index (χ2n) is 6.40. The van der Waals surface area contributed by atoms with Crippen LogP contribution in [-0.4, -0.2) is 42.0 Å². The van der Waals surface area contributed by atoms with Crippen molar-refractivity contribution >= 4 is 11.7 Å². The van der Waals surface area contributed by atoms with Gasteiger partial charge in [-0.1, -0.05) is 20.8 Å². The van der Waals surface area contributed by atoms with Crippen LogP contribution in [-0.2, 0) is 4.79 Å². The number of anilines is 1. The van der Waals surface area contributed by atoms with E-state index in [2.05, 4.69) is 16.0 Å². The molecule has 2 rings (SSSR count). The Labute approximate surface area is 126 Å². The van der Waals surface area contributed by atoms with Gasteiger partial charge in [0.05, 0.1) is 5.56 Å². The van der Waals surface area contributed by atoms with Gasteiger partial charge in [-0.05, 0) is 18.6 Å². The van der Waals surface area contributed by atoms with Crippen molar-refractivity contribution < 1.29 is 4.79 Å². The first-order valence-electron chi connectivity index (χ1n) is 7.32. The molecule has 1 aromatic heterocycles. The monoisotopic (exact) mass is 286 g/mol. The van der Waals surface area contributed by atoms with Crippen LogP contribution in [0.4, 0.5) is 5.82 Å². The molecule has 0 aliphatic carbocycles. The van der Waals surface area contributed by atoms with Gasteiger partial charge in [0.1, 0.15) is 11.9 Å². The zero-order valence-electron chi connectivity index (χ0n) is 13.0. The number of carbonyl (C=O) groups is 1. The first kappa shape index (κ1) is 15.3. The highest BCUT2D eigenvalue weighted by Gasteiger charge is 2.28. The van der Waals surface area contributed by atoms with Crippen LogP contribution in [0.15, 0.2) is 18.3 Å². The standard InChI is InChI=1S/C16H22N4O/c1-16(2,3)15(21)20-8-4-7-19(9-10-20)14-6-5-13(11-17)12-18-14/h5-6,12H,4,7-10H2,1-3H3. The van der Waals surface area contributed by atoms with Gasteiger partial charge in [0.25, 0.3) is 0 Å². The number of pyridine rings is 1. The van der Waals surface area contributed by atoms with E-state index in [1.807, 2.05) is 31.7 Å². The summed E-state index contributed by atoms with van der Waals surface area (Å²) in [6.07, 6.45) is 2.53. The summed E-state index contributed by atoms with van der Waals surface area (Å²) < 4.78 is 0. The van der Waals surface area contributed by atoms with Crippen LogP contribution in [0.25, 0.3) is 0 Å². The first-order chi connectivity index (χ1) is 9.91. The lowest BCUT2D eigenvalue weighted by Gasteiger charge is -2.28. The van der Waals surface area contributed by atoms with Crippen LogP contribution in [0.2, 0.25) is 0 Å². The number of nitriles is 1. The van der Waals surface area contributed by atoms with E-state index < -0.39 is 0 Å². The average Bonchev–Trinajstić information content (AvgIpc) is 2.71. The molecule has 0 radical (unpaired) electrons. The number of amides is 1. The summed E-state index contributed by atoms with van der Waals surface area (Å²) >= 11 is 0. The van der Waals surface area contributed by atoms with Crippen molar-refractivity contribution in [3.8, 4) is 6.07 Å². The number of carbonyl (C=O) groups excluding carboxylic acids is 1. The first-order valence-corrected chi connectivity index (χ1v) is 7.32. The van der Waals surface area contributed by atoms with Crippen LogP contribution in [0.3, 0.4) is 0 Å². The molecule has 1 saturated heterocycles. The zero-order valence-corrected chi connectivity index (χ0v) is 13.0. The normalized spacial score (nSPS) is 16.3. The van der Waals surface area contributed by atoms with Crippen molar-refractivity contribution in [3.63, 3.8) is 0 Å². The number of aromatic nitrogens is 1. The Morgan fingerprint density at radius 3 is 2.57 bits per heavy atom. The molecule has 1 aromatic rings. The smallest absolute Gasteiger partial charge is 0.228 e. The van der Waals surface area contributed by atoms with Crippen molar-refractivity contribution in [2.24, 2.45) is 5.41 Å². The van der Waals surface area contributed by atoms with Gasteiger partial charge in [0.2, 0.25) is 5.91 Å². The lowest BCUT2D eigenvalue weighted by atomic mass is 9.94. The van der Waals surface area contributed by atoms with Crippen LogP contribution in [0.5, 0.6) is 0 Å². The number of nitrogens with zero attached hydrogens (tertiary/aromatic N) is 4. The molecule has 0 unspecified atom stereocenters. The summed E-state index contributed by atoms with van der Waals surface area (Å²) in [6, 6.07) is 5.73. The van der Waals surface area contributed by atoms with E-state index in [1.165, 1.54) is 0 Å². The lowest BCUT2D eigenvalue weighted by molar-refractivity contribution is -0.139. The van der Waals surface area contributed by atoms with Gasteiger partial charge < -0.3 is 9.80 Å². The van der Waals surface area contributed by atoms with Crippen LogP contribution >= 0.6 is 0 Å². The maximum atomic E-state index is 12.4.